The predicted octanol–water partition coefficient (Wildman–Crippen LogP) is 2.35. The molecule has 116 valence electrons. The minimum Gasteiger partial charge on any atom is -0.386 e. The van der Waals surface area contributed by atoms with Gasteiger partial charge in [0.2, 0.25) is 0 Å². The molecule has 4 heteroatoms. The van der Waals surface area contributed by atoms with Crippen LogP contribution in [0.25, 0.3) is 0 Å². The van der Waals surface area contributed by atoms with E-state index in [9.17, 15) is 0 Å². The third-order valence-corrected chi connectivity index (χ3v) is 4.91. The molecular weight excluding hydrogens is 260 g/mol. The summed E-state index contributed by atoms with van der Waals surface area (Å²) in [5.41, 5.74) is 5.77. The van der Waals surface area contributed by atoms with E-state index < -0.39 is 0 Å². The molecule has 1 unspecified atom stereocenters. The Morgan fingerprint density at radius 2 is 2.14 bits per heavy atom. The van der Waals surface area contributed by atoms with E-state index in [0.29, 0.717) is 6.04 Å². The average Bonchev–Trinajstić information content (AvgIpc) is 2.84. The standard InChI is InChI=1S/C17H28N4/c1-4-13-8-9-14(19-15(13)5-2)11-21-12-16-17(20(21)3)7-6-10-18-16/h8-9,15,18-19H,4-7,10-12H2,1-3H3. The molecule has 21 heavy (non-hydrogen) atoms. The lowest BCUT2D eigenvalue weighted by Gasteiger charge is -2.32. The van der Waals surface area contributed by atoms with Gasteiger partial charge in [-0.15, -0.1) is 0 Å². The van der Waals surface area contributed by atoms with Crippen LogP contribution in [0, 0.1) is 0 Å². The van der Waals surface area contributed by atoms with Crippen molar-refractivity contribution < 1.29 is 0 Å². The third-order valence-electron chi connectivity index (χ3n) is 4.91. The van der Waals surface area contributed by atoms with Gasteiger partial charge in [0.15, 0.2) is 0 Å². The van der Waals surface area contributed by atoms with Gasteiger partial charge in [0.1, 0.15) is 0 Å². The lowest BCUT2D eigenvalue weighted by molar-refractivity contribution is 0.0736. The fraction of sp³-hybridized carbons (Fsp3) is 0.647. The number of dihydropyridines is 1. The second-order valence-corrected chi connectivity index (χ2v) is 6.19. The quantitative estimate of drug-likeness (QED) is 0.831. The molecule has 0 radical (unpaired) electrons. The lowest BCUT2D eigenvalue weighted by atomic mass is 9.98. The van der Waals surface area contributed by atoms with Gasteiger partial charge in [-0.2, -0.15) is 0 Å². The molecule has 0 aromatic carbocycles. The second kappa shape index (κ2) is 6.14. The van der Waals surface area contributed by atoms with E-state index in [-0.39, 0.29) is 0 Å². The first-order valence-corrected chi connectivity index (χ1v) is 8.33. The summed E-state index contributed by atoms with van der Waals surface area (Å²) in [4.78, 5) is 0. The van der Waals surface area contributed by atoms with Gasteiger partial charge in [0.25, 0.3) is 0 Å². The first kappa shape index (κ1) is 14.5. The van der Waals surface area contributed by atoms with Crippen LogP contribution in [0.2, 0.25) is 0 Å². The number of hydrogen-bond acceptors (Lipinski definition) is 4. The van der Waals surface area contributed by atoms with Gasteiger partial charge >= 0.3 is 0 Å². The fourth-order valence-electron chi connectivity index (χ4n) is 3.59. The Labute approximate surface area is 128 Å². The molecule has 1 atom stereocenters. The van der Waals surface area contributed by atoms with Crippen LogP contribution < -0.4 is 10.6 Å². The van der Waals surface area contributed by atoms with Crippen molar-refractivity contribution in [3.63, 3.8) is 0 Å². The SMILES string of the molecule is CCC1=CC=C(CN2CC3=C(CCCN3)N2C)NC1CC. The molecule has 0 aromatic heterocycles. The van der Waals surface area contributed by atoms with Crippen LogP contribution in [-0.2, 0) is 0 Å². The van der Waals surface area contributed by atoms with E-state index >= 15 is 0 Å². The molecule has 0 spiro atoms. The summed E-state index contributed by atoms with van der Waals surface area (Å²) >= 11 is 0. The monoisotopic (exact) mass is 288 g/mol. The molecule has 3 heterocycles. The van der Waals surface area contributed by atoms with Gasteiger partial charge in [0, 0.05) is 36.7 Å². The summed E-state index contributed by atoms with van der Waals surface area (Å²) in [6.45, 7) is 7.62. The first-order chi connectivity index (χ1) is 10.2. The smallest absolute Gasteiger partial charge is 0.0601 e. The highest BCUT2D eigenvalue weighted by Crippen LogP contribution is 2.27. The van der Waals surface area contributed by atoms with Crippen molar-refractivity contribution in [1.29, 1.82) is 0 Å². The normalized spacial score (nSPS) is 26.0. The summed E-state index contributed by atoms with van der Waals surface area (Å²) in [6.07, 6.45) is 9.34. The minimum absolute atomic E-state index is 0.517. The van der Waals surface area contributed by atoms with Gasteiger partial charge in [-0.05, 0) is 37.3 Å². The summed E-state index contributed by atoms with van der Waals surface area (Å²) in [7, 11) is 2.20. The highest BCUT2D eigenvalue weighted by Gasteiger charge is 2.29. The summed E-state index contributed by atoms with van der Waals surface area (Å²) in [5, 5.41) is 12.1. The maximum atomic E-state index is 3.72. The zero-order chi connectivity index (χ0) is 14.8. The highest BCUT2D eigenvalue weighted by molar-refractivity contribution is 5.29. The van der Waals surface area contributed by atoms with E-state index in [1.54, 1.807) is 0 Å². The predicted molar refractivity (Wildman–Crippen MR) is 87.3 cm³/mol. The third kappa shape index (κ3) is 2.82. The van der Waals surface area contributed by atoms with Crippen molar-refractivity contribution in [2.75, 3.05) is 26.7 Å². The van der Waals surface area contributed by atoms with Crippen LogP contribution in [0.1, 0.15) is 39.5 Å². The number of nitrogens with one attached hydrogen (secondary N) is 2. The molecule has 4 nitrogen and oxygen atoms in total. The van der Waals surface area contributed by atoms with Crippen LogP contribution in [-0.4, -0.2) is 42.7 Å². The number of hydrogen-bond donors (Lipinski definition) is 2. The summed E-state index contributed by atoms with van der Waals surface area (Å²) < 4.78 is 0. The molecule has 3 aliphatic heterocycles. The Hall–Kier alpha value is -1.42. The Balaban J connectivity index is 1.66. The molecule has 3 rings (SSSR count). The van der Waals surface area contributed by atoms with E-state index in [0.717, 1.165) is 32.5 Å². The number of nitrogens with zero attached hydrogens (tertiary/aromatic N) is 2. The van der Waals surface area contributed by atoms with E-state index in [2.05, 4.69) is 53.7 Å². The Morgan fingerprint density at radius 1 is 1.29 bits per heavy atom. The second-order valence-electron chi connectivity index (χ2n) is 6.19. The number of hydrazine groups is 1. The molecule has 0 amide bonds. The number of allylic oxidation sites excluding steroid dienone is 3. The maximum absolute atomic E-state index is 3.72. The van der Waals surface area contributed by atoms with Gasteiger partial charge < -0.3 is 15.6 Å². The summed E-state index contributed by atoms with van der Waals surface area (Å²) in [6, 6.07) is 0.517. The van der Waals surface area contributed by atoms with Crippen molar-refractivity contribution in [3.05, 3.63) is 34.8 Å². The van der Waals surface area contributed by atoms with Gasteiger partial charge in [-0.3, -0.25) is 0 Å². The van der Waals surface area contributed by atoms with Crippen LogP contribution in [0.4, 0.5) is 0 Å². The Morgan fingerprint density at radius 3 is 2.86 bits per heavy atom. The topological polar surface area (TPSA) is 30.5 Å². The average molecular weight is 288 g/mol. The van der Waals surface area contributed by atoms with E-state index in [4.69, 9.17) is 0 Å². The van der Waals surface area contributed by atoms with Crippen LogP contribution >= 0.6 is 0 Å². The van der Waals surface area contributed by atoms with Crippen LogP contribution in [0.5, 0.6) is 0 Å². The zero-order valence-electron chi connectivity index (χ0n) is 13.6. The van der Waals surface area contributed by atoms with E-state index in [1.165, 1.54) is 35.5 Å². The lowest BCUT2D eigenvalue weighted by Crippen LogP contribution is -2.41. The van der Waals surface area contributed by atoms with Crippen molar-refractivity contribution in [2.45, 2.75) is 45.6 Å². The molecule has 0 aliphatic carbocycles. The number of rotatable bonds is 4. The first-order valence-electron chi connectivity index (χ1n) is 8.33. The van der Waals surface area contributed by atoms with Crippen molar-refractivity contribution in [3.8, 4) is 0 Å². The summed E-state index contributed by atoms with van der Waals surface area (Å²) in [5.74, 6) is 0. The van der Waals surface area contributed by atoms with Gasteiger partial charge in [-0.1, -0.05) is 19.9 Å². The molecule has 0 saturated heterocycles. The van der Waals surface area contributed by atoms with Crippen LogP contribution in [0.3, 0.4) is 0 Å². The molecule has 2 N–H and O–H groups in total. The van der Waals surface area contributed by atoms with E-state index in [1.807, 2.05) is 0 Å². The largest absolute Gasteiger partial charge is 0.386 e. The maximum Gasteiger partial charge on any atom is 0.0601 e. The zero-order valence-corrected chi connectivity index (χ0v) is 13.6. The molecule has 0 bridgehead atoms. The Bertz CT molecular complexity index is 489. The highest BCUT2D eigenvalue weighted by atomic mass is 15.6. The minimum atomic E-state index is 0.517. The molecule has 0 fully saturated rings. The van der Waals surface area contributed by atoms with Gasteiger partial charge in [0.05, 0.1) is 13.1 Å². The van der Waals surface area contributed by atoms with Crippen LogP contribution in [0.15, 0.2) is 34.8 Å². The van der Waals surface area contributed by atoms with Crippen molar-refractivity contribution >= 4 is 0 Å². The molecule has 0 saturated carbocycles. The van der Waals surface area contributed by atoms with Crippen molar-refractivity contribution in [1.82, 2.24) is 20.7 Å². The van der Waals surface area contributed by atoms with Crippen molar-refractivity contribution in [2.24, 2.45) is 0 Å². The molecule has 3 aliphatic rings. The molecule has 0 aromatic rings. The fourth-order valence-corrected chi connectivity index (χ4v) is 3.59. The molecular formula is C17H28N4. The van der Waals surface area contributed by atoms with Gasteiger partial charge in [-0.25, -0.2) is 5.01 Å². The Kier molecular flexibility index (Phi) is 4.24.